The number of aryl methyl sites for hydroxylation is 4. The number of aromatic nitrogens is 4. The number of para-hydroxylation sites is 1. The first kappa shape index (κ1) is 21.8. The number of amides is 1. The Bertz CT molecular complexity index is 1110. The normalized spacial score (nSPS) is 12.1. The van der Waals surface area contributed by atoms with Gasteiger partial charge in [-0.25, -0.2) is 9.50 Å². The first-order valence-electron chi connectivity index (χ1n) is 9.54. The van der Waals surface area contributed by atoms with Crippen molar-refractivity contribution < 1.29 is 14.3 Å². The first-order valence-corrected chi connectivity index (χ1v) is 10.8. The van der Waals surface area contributed by atoms with Crippen molar-refractivity contribution in [3.63, 3.8) is 0 Å². The van der Waals surface area contributed by atoms with Crippen LogP contribution in [0.15, 0.2) is 23.4 Å². The molecule has 0 radical (unpaired) electrons. The smallest absolute Gasteiger partial charge is 0.311 e. The number of anilines is 1. The van der Waals surface area contributed by atoms with E-state index >= 15 is 0 Å². The molecule has 1 unspecified atom stereocenters. The summed E-state index contributed by atoms with van der Waals surface area (Å²) in [5, 5.41) is 7.84. The molecule has 0 saturated heterocycles. The van der Waals surface area contributed by atoms with E-state index in [2.05, 4.69) is 20.4 Å². The van der Waals surface area contributed by atoms with Gasteiger partial charge in [0.1, 0.15) is 0 Å². The van der Waals surface area contributed by atoms with Gasteiger partial charge in [-0.3, -0.25) is 9.59 Å². The molecule has 8 nitrogen and oxygen atoms in total. The standard InChI is InChI=1S/C21H25N5O3S/c1-11-8-7-9-12(2)18(11)23-19(28)15(5)29-17(27)10-16-13(3)22-20-24-21(30-6)25-26(20)14(16)4/h7-9,15H,10H2,1-6H3,(H,23,28). The Kier molecular flexibility index (Phi) is 6.40. The molecule has 0 aliphatic carbocycles. The van der Waals surface area contributed by atoms with Crippen LogP contribution < -0.4 is 5.32 Å². The van der Waals surface area contributed by atoms with E-state index in [1.807, 2.05) is 52.1 Å². The molecule has 158 valence electrons. The summed E-state index contributed by atoms with van der Waals surface area (Å²) in [6, 6.07) is 5.76. The summed E-state index contributed by atoms with van der Waals surface area (Å²) >= 11 is 1.42. The number of hydrogen-bond acceptors (Lipinski definition) is 7. The molecule has 1 amide bonds. The van der Waals surface area contributed by atoms with Crippen molar-refractivity contribution in [2.45, 2.75) is 52.3 Å². The molecule has 9 heteroatoms. The average molecular weight is 428 g/mol. The SMILES string of the molecule is CSc1nc2nc(C)c(CC(=O)OC(C)C(=O)Nc3c(C)cccc3C)c(C)n2n1. The Hall–Kier alpha value is -2.94. The maximum atomic E-state index is 12.5. The number of carbonyl (C=O) groups is 2. The third kappa shape index (κ3) is 4.46. The number of rotatable bonds is 6. The largest absolute Gasteiger partial charge is 0.452 e. The van der Waals surface area contributed by atoms with E-state index in [0.29, 0.717) is 22.2 Å². The molecule has 0 aliphatic rings. The highest BCUT2D eigenvalue weighted by Gasteiger charge is 2.22. The van der Waals surface area contributed by atoms with Crippen LogP contribution in [0, 0.1) is 27.7 Å². The number of fused-ring (bicyclic) bond motifs is 1. The number of esters is 1. The quantitative estimate of drug-likeness (QED) is 0.476. The van der Waals surface area contributed by atoms with Gasteiger partial charge in [0.25, 0.3) is 11.7 Å². The van der Waals surface area contributed by atoms with E-state index < -0.39 is 12.1 Å². The summed E-state index contributed by atoms with van der Waals surface area (Å²) in [7, 11) is 0. The second-order valence-corrected chi connectivity index (χ2v) is 7.91. The van der Waals surface area contributed by atoms with Crippen molar-refractivity contribution in [1.82, 2.24) is 19.6 Å². The van der Waals surface area contributed by atoms with Gasteiger partial charge < -0.3 is 10.1 Å². The van der Waals surface area contributed by atoms with Crippen molar-refractivity contribution in [3.8, 4) is 0 Å². The number of benzene rings is 1. The second-order valence-electron chi connectivity index (χ2n) is 7.14. The van der Waals surface area contributed by atoms with Gasteiger partial charge in [0.2, 0.25) is 5.16 Å². The highest BCUT2D eigenvalue weighted by molar-refractivity contribution is 7.98. The summed E-state index contributed by atoms with van der Waals surface area (Å²) in [5.74, 6) is -0.381. The fraction of sp³-hybridized carbons (Fsp3) is 0.381. The zero-order chi connectivity index (χ0) is 22.0. The predicted molar refractivity (Wildman–Crippen MR) is 116 cm³/mol. The lowest BCUT2D eigenvalue weighted by Crippen LogP contribution is -2.31. The van der Waals surface area contributed by atoms with Crippen LogP contribution in [0.3, 0.4) is 0 Å². The van der Waals surface area contributed by atoms with Crippen LogP contribution in [-0.2, 0) is 20.7 Å². The van der Waals surface area contributed by atoms with E-state index in [-0.39, 0.29) is 12.3 Å². The van der Waals surface area contributed by atoms with E-state index in [1.165, 1.54) is 11.8 Å². The highest BCUT2D eigenvalue weighted by Crippen LogP contribution is 2.20. The first-order chi connectivity index (χ1) is 14.2. The second kappa shape index (κ2) is 8.83. The number of thioether (sulfide) groups is 1. The Morgan fingerprint density at radius 1 is 1.17 bits per heavy atom. The topological polar surface area (TPSA) is 98.5 Å². The minimum absolute atomic E-state index is 0.00389. The molecule has 0 fully saturated rings. The Morgan fingerprint density at radius 3 is 2.47 bits per heavy atom. The number of hydrogen-bond donors (Lipinski definition) is 1. The van der Waals surface area contributed by atoms with E-state index in [0.717, 1.165) is 22.5 Å². The summed E-state index contributed by atoms with van der Waals surface area (Å²) in [6.45, 7) is 9.08. The molecule has 2 heterocycles. The highest BCUT2D eigenvalue weighted by atomic mass is 32.2. The van der Waals surface area contributed by atoms with Crippen molar-refractivity contribution in [3.05, 3.63) is 46.3 Å². The average Bonchev–Trinajstić information content (AvgIpc) is 3.11. The zero-order valence-electron chi connectivity index (χ0n) is 17.9. The summed E-state index contributed by atoms with van der Waals surface area (Å²) in [5.41, 5.74) is 4.81. The molecule has 2 aromatic heterocycles. The van der Waals surface area contributed by atoms with Gasteiger partial charge in [-0.2, -0.15) is 4.98 Å². The van der Waals surface area contributed by atoms with E-state index in [9.17, 15) is 9.59 Å². The molecule has 1 atom stereocenters. The predicted octanol–water partition coefficient (Wildman–Crippen LogP) is 3.19. The minimum Gasteiger partial charge on any atom is -0.452 e. The molecule has 30 heavy (non-hydrogen) atoms. The van der Waals surface area contributed by atoms with Gasteiger partial charge >= 0.3 is 5.97 Å². The van der Waals surface area contributed by atoms with Gasteiger partial charge in [0.05, 0.1) is 6.42 Å². The Balaban J connectivity index is 1.71. The Labute approximate surface area is 179 Å². The summed E-state index contributed by atoms with van der Waals surface area (Å²) < 4.78 is 7.01. The lowest BCUT2D eigenvalue weighted by molar-refractivity contribution is -0.152. The van der Waals surface area contributed by atoms with Gasteiger partial charge in [0, 0.05) is 22.6 Å². The van der Waals surface area contributed by atoms with Crippen molar-refractivity contribution >= 4 is 35.1 Å². The summed E-state index contributed by atoms with van der Waals surface area (Å²) in [4.78, 5) is 33.8. The van der Waals surface area contributed by atoms with E-state index in [1.54, 1.807) is 11.4 Å². The third-order valence-corrected chi connectivity index (χ3v) is 5.48. The molecule has 3 rings (SSSR count). The molecular formula is C21H25N5O3S. The zero-order valence-corrected chi connectivity index (χ0v) is 18.8. The molecule has 3 aromatic rings. The van der Waals surface area contributed by atoms with Crippen LogP contribution in [0.2, 0.25) is 0 Å². The minimum atomic E-state index is -0.928. The summed E-state index contributed by atoms with van der Waals surface area (Å²) in [6.07, 6.45) is 0.958. The van der Waals surface area contributed by atoms with Crippen LogP contribution in [-0.4, -0.2) is 43.8 Å². The number of ether oxygens (including phenoxy) is 1. The third-order valence-electron chi connectivity index (χ3n) is 4.94. The molecule has 0 spiro atoms. The molecule has 0 saturated carbocycles. The van der Waals surface area contributed by atoms with Crippen LogP contribution in [0.25, 0.3) is 5.78 Å². The monoisotopic (exact) mass is 427 g/mol. The Morgan fingerprint density at radius 2 is 1.83 bits per heavy atom. The van der Waals surface area contributed by atoms with Crippen LogP contribution in [0.4, 0.5) is 5.69 Å². The lowest BCUT2D eigenvalue weighted by Gasteiger charge is -2.17. The van der Waals surface area contributed by atoms with Crippen molar-refractivity contribution in [2.24, 2.45) is 0 Å². The van der Waals surface area contributed by atoms with Crippen molar-refractivity contribution in [1.29, 1.82) is 0 Å². The molecular weight excluding hydrogens is 402 g/mol. The molecule has 0 bridgehead atoms. The van der Waals surface area contributed by atoms with E-state index in [4.69, 9.17) is 4.74 Å². The van der Waals surface area contributed by atoms with Crippen LogP contribution in [0.1, 0.15) is 35.0 Å². The maximum absolute atomic E-state index is 12.5. The fourth-order valence-corrected chi connectivity index (χ4v) is 3.54. The number of nitrogens with zero attached hydrogens (tertiary/aromatic N) is 4. The van der Waals surface area contributed by atoms with Crippen LogP contribution in [0.5, 0.6) is 0 Å². The van der Waals surface area contributed by atoms with Gasteiger partial charge in [-0.1, -0.05) is 30.0 Å². The van der Waals surface area contributed by atoms with Gasteiger partial charge in [-0.05, 0) is 52.0 Å². The maximum Gasteiger partial charge on any atom is 0.311 e. The van der Waals surface area contributed by atoms with Crippen LogP contribution >= 0.6 is 11.8 Å². The number of nitrogens with one attached hydrogen (secondary N) is 1. The molecule has 1 aromatic carbocycles. The molecule has 0 aliphatic heterocycles. The van der Waals surface area contributed by atoms with Gasteiger partial charge in [0.15, 0.2) is 6.10 Å². The fourth-order valence-electron chi connectivity index (χ4n) is 3.21. The van der Waals surface area contributed by atoms with Gasteiger partial charge in [-0.15, -0.1) is 5.10 Å². The van der Waals surface area contributed by atoms with Crippen molar-refractivity contribution in [2.75, 3.05) is 11.6 Å². The molecule has 1 N–H and O–H groups in total. The lowest BCUT2D eigenvalue weighted by atomic mass is 10.1. The number of carbonyl (C=O) groups excluding carboxylic acids is 2.